The number of rotatable bonds is 2. The Kier molecular flexibility index (Phi) is 2.62. The van der Waals surface area contributed by atoms with Gasteiger partial charge in [0.25, 0.3) is 0 Å². The first-order valence-electron chi connectivity index (χ1n) is 5.61. The Hall–Kier alpha value is -1.16. The highest BCUT2D eigenvalue weighted by Gasteiger charge is 2.45. The van der Waals surface area contributed by atoms with Crippen molar-refractivity contribution in [2.45, 2.75) is 51.4 Å². The Labute approximate surface area is 96.4 Å². The van der Waals surface area contributed by atoms with Crippen LogP contribution in [0.1, 0.15) is 34.1 Å². The van der Waals surface area contributed by atoms with Gasteiger partial charge in [-0.2, -0.15) is 0 Å². The highest BCUT2D eigenvalue weighted by Crippen LogP contribution is 2.38. The highest BCUT2D eigenvalue weighted by atomic mass is 16.5. The summed E-state index contributed by atoms with van der Waals surface area (Å²) < 4.78 is 6.02. The lowest BCUT2D eigenvalue weighted by molar-refractivity contribution is -0.0662. The Morgan fingerprint density at radius 2 is 1.88 bits per heavy atom. The van der Waals surface area contributed by atoms with Crippen LogP contribution >= 0.6 is 0 Å². The molecule has 1 atom stereocenters. The molecule has 1 aliphatic heterocycles. The molecule has 0 amide bonds. The van der Waals surface area contributed by atoms with Gasteiger partial charge in [0.2, 0.25) is 0 Å². The summed E-state index contributed by atoms with van der Waals surface area (Å²) in [6, 6.07) is 0.286. The van der Waals surface area contributed by atoms with Crippen LogP contribution in [-0.4, -0.2) is 27.2 Å². The quantitative estimate of drug-likeness (QED) is 0.832. The van der Waals surface area contributed by atoms with Crippen molar-refractivity contribution < 1.29 is 4.74 Å². The zero-order valence-corrected chi connectivity index (χ0v) is 10.3. The molecule has 2 heterocycles. The van der Waals surface area contributed by atoms with E-state index in [1.807, 2.05) is 0 Å². The molecular weight excluding hydrogens is 202 g/mol. The third-order valence-electron chi connectivity index (χ3n) is 2.98. The molecule has 1 N–H and O–H groups in total. The smallest absolute Gasteiger partial charge is 0.115 e. The Morgan fingerprint density at radius 3 is 2.38 bits per heavy atom. The lowest BCUT2D eigenvalue weighted by Crippen LogP contribution is -2.38. The Balaban J connectivity index is 2.11. The Morgan fingerprint density at radius 1 is 1.25 bits per heavy atom. The van der Waals surface area contributed by atoms with Gasteiger partial charge in [0, 0.05) is 0 Å². The van der Waals surface area contributed by atoms with E-state index in [1.165, 1.54) is 6.33 Å². The molecule has 0 spiro atoms. The number of nitrogens with one attached hydrogen (secondary N) is 1. The van der Waals surface area contributed by atoms with Gasteiger partial charge in [-0.1, -0.05) is 0 Å². The minimum Gasteiger partial charge on any atom is -0.377 e. The van der Waals surface area contributed by atoms with Crippen molar-refractivity contribution in [1.29, 1.82) is 0 Å². The van der Waals surface area contributed by atoms with E-state index < -0.39 is 0 Å². The summed E-state index contributed by atoms with van der Waals surface area (Å²) in [6.07, 6.45) is 6.09. The molecule has 1 aromatic heterocycles. The van der Waals surface area contributed by atoms with Crippen LogP contribution in [0.3, 0.4) is 0 Å². The molecule has 0 saturated carbocycles. The van der Waals surface area contributed by atoms with E-state index in [9.17, 15) is 0 Å². The Bertz CT molecular complexity index is 362. The van der Waals surface area contributed by atoms with Crippen LogP contribution in [0.2, 0.25) is 0 Å². The molecule has 0 radical (unpaired) electrons. The highest BCUT2D eigenvalue weighted by molar-refractivity contribution is 5.39. The topological polar surface area (TPSA) is 47.0 Å². The molecule has 4 heteroatoms. The molecule has 4 nitrogen and oxygen atoms in total. The van der Waals surface area contributed by atoms with Crippen LogP contribution in [0, 0.1) is 0 Å². The van der Waals surface area contributed by atoms with Crippen molar-refractivity contribution in [3.05, 3.63) is 18.7 Å². The van der Waals surface area contributed by atoms with Crippen LogP contribution in [0.5, 0.6) is 0 Å². The molecule has 0 aromatic carbocycles. The van der Waals surface area contributed by atoms with Gasteiger partial charge in [-0.3, -0.25) is 0 Å². The molecule has 0 aliphatic carbocycles. The zero-order chi connectivity index (χ0) is 11.8. The van der Waals surface area contributed by atoms with Gasteiger partial charge in [-0.05, 0) is 34.1 Å². The number of hydrogen-bond acceptors (Lipinski definition) is 4. The van der Waals surface area contributed by atoms with Crippen LogP contribution in [-0.2, 0) is 4.74 Å². The molecule has 1 fully saturated rings. The van der Waals surface area contributed by atoms with Gasteiger partial charge in [0.05, 0.1) is 35.3 Å². The van der Waals surface area contributed by atoms with E-state index in [0.717, 1.165) is 12.1 Å². The summed E-state index contributed by atoms with van der Waals surface area (Å²) in [5.41, 5.74) is 0.706. The summed E-state index contributed by atoms with van der Waals surface area (Å²) in [5.74, 6) is 0. The first-order chi connectivity index (χ1) is 7.39. The summed E-state index contributed by atoms with van der Waals surface area (Å²) in [5, 5.41) is 3.44. The van der Waals surface area contributed by atoms with Crippen molar-refractivity contribution in [2.24, 2.45) is 0 Å². The lowest BCUT2D eigenvalue weighted by atomic mass is 9.94. The predicted molar refractivity (Wildman–Crippen MR) is 63.3 cm³/mol. The van der Waals surface area contributed by atoms with Gasteiger partial charge in [-0.15, -0.1) is 0 Å². The minimum atomic E-state index is -0.167. The summed E-state index contributed by atoms with van der Waals surface area (Å²) >= 11 is 0. The number of nitrogens with zero attached hydrogens (tertiary/aromatic N) is 2. The molecule has 1 aliphatic rings. The van der Waals surface area contributed by atoms with E-state index in [0.29, 0.717) is 0 Å². The maximum Gasteiger partial charge on any atom is 0.115 e. The average molecular weight is 221 g/mol. The second-order valence-electron chi connectivity index (χ2n) is 5.49. The van der Waals surface area contributed by atoms with Crippen LogP contribution in [0.25, 0.3) is 0 Å². The molecule has 2 rings (SSSR count). The standard InChI is InChI=1S/C12H19N3O/c1-11(2)5-10(12(3,4)16-11)15-9-6-13-8-14-7-9/h6-8,10,15H,5H2,1-4H3. The fraction of sp³-hybridized carbons (Fsp3) is 0.667. The molecule has 1 aromatic rings. The summed E-state index contributed by atoms with van der Waals surface area (Å²) in [7, 11) is 0. The maximum absolute atomic E-state index is 6.02. The average Bonchev–Trinajstić information content (AvgIpc) is 2.36. The number of ether oxygens (including phenoxy) is 1. The van der Waals surface area contributed by atoms with E-state index >= 15 is 0 Å². The fourth-order valence-electron chi connectivity index (χ4n) is 2.36. The van der Waals surface area contributed by atoms with Crippen LogP contribution in [0.4, 0.5) is 5.69 Å². The minimum absolute atomic E-state index is 0.0726. The van der Waals surface area contributed by atoms with Crippen molar-refractivity contribution in [1.82, 2.24) is 9.97 Å². The zero-order valence-electron chi connectivity index (χ0n) is 10.3. The second kappa shape index (κ2) is 3.70. The van der Waals surface area contributed by atoms with Gasteiger partial charge < -0.3 is 10.1 Å². The number of hydrogen-bond donors (Lipinski definition) is 1. The fourth-order valence-corrected chi connectivity index (χ4v) is 2.36. The van der Waals surface area contributed by atoms with E-state index in [2.05, 4.69) is 43.0 Å². The van der Waals surface area contributed by atoms with Crippen LogP contribution < -0.4 is 5.32 Å². The molecule has 1 saturated heterocycles. The number of anilines is 1. The summed E-state index contributed by atoms with van der Waals surface area (Å²) in [6.45, 7) is 8.47. The molecule has 1 unspecified atom stereocenters. The van der Waals surface area contributed by atoms with Gasteiger partial charge in [0.15, 0.2) is 0 Å². The normalized spacial score (nSPS) is 26.6. The van der Waals surface area contributed by atoms with E-state index in [1.54, 1.807) is 12.4 Å². The number of aromatic nitrogens is 2. The van der Waals surface area contributed by atoms with E-state index in [4.69, 9.17) is 4.74 Å². The van der Waals surface area contributed by atoms with Crippen molar-refractivity contribution in [3.8, 4) is 0 Å². The SMILES string of the molecule is CC1(C)CC(Nc2cncnc2)C(C)(C)O1. The first kappa shape index (κ1) is 11.3. The second-order valence-corrected chi connectivity index (χ2v) is 5.49. The summed E-state index contributed by atoms with van der Waals surface area (Å²) in [4.78, 5) is 7.99. The first-order valence-corrected chi connectivity index (χ1v) is 5.61. The third kappa shape index (κ3) is 2.32. The van der Waals surface area contributed by atoms with Gasteiger partial charge in [0.1, 0.15) is 6.33 Å². The van der Waals surface area contributed by atoms with Crippen molar-refractivity contribution in [3.63, 3.8) is 0 Å². The molecule has 0 bridgehead atoms. The van der Waals surface area contributed by atoms with E-state index in [-0.39, 0.29) is 17.2 Å². The maximum atomic E-state index is 6.02. The van der Waals surface area contributed by atoms with Crippen molar-refractivity contribution >= 4 is 5.69 Å². The predicted octanol–water partition coefficient (Wildman–Crippen LogP) is 2.23. The van der Waals surface area contributed by atoms with Gasteiger partial charge >= 0.3 is 0 Å². The molecule has 88 valence electrons. The molecular formula is C12H19N3O. The monoisotopic (exact) mass is 221 g/mol. The van der Waals surface area contributed by atoms with Crippen LogP contribution in [0.15, 0.2) is 18.7 Å². The lowest BCUT2D eigenvalue weighted by Gasteiger charge is -2.28. The molecule has 16 heavy (non-hydrogen) atoms. The largest absolute Gasteiger partial charge is 0.377 e. The van der Waals surface area contributed by atoms with Gasteiger partial charge in [-0.25, -0.2) is 9.97 Å². The third-order valence-corrected chi connectivity index (χ3v) is 2.98. The van der Waals surface area contributed by atoms with Crippen molar-refractivity contribution in [2.75, 3.05) is 5.32 Å².